The van der Waals surface area contributed by atoms with E-state index in [0.717, 1.165) is 24.9 Å². The number of anilines is 2. The number of benzene rings is 2. The van der Waals surface area contributed by atoms with E-state index in [4.69, 9.17) is 10.8 Å². The second kappa shape index (κ2) is 7.98. The summed E-state index contributed by atoms with van der Waals surface area (Å²) >= 11 is 0. The van der Waals surface area contributed by atoms with E-state index >= 15 is 0 Å². The lowest BCUT2D eigenvalue weighted by Crippen LogP contribution is -2.35. The molecule has 4 N–H and O–H groups in total. The number of piperidine rings is 1. The van der Waals surface area contributed by atoms with Gasteiger partial charge >= 0.3 is 5.97 Å². The molecular formula is C22H21FN4O3. The van der Waals surface area contributed by atoms with Crippen molar-refractivity contribution in [2.45, 2.75) is 18.8 Å². The van der Waals surface area contributed by atoms with Crippen molar-refractivity contribution in [3.05, 3.63) is 65.5 Å². The topological polar surface area (TPSA) is 113 Å². The summed E-state index contributed by atoms with van der Waals surface area (Å²) in [5.41, 5.74) is 8.29. The molecule has 0 saturated carbocycles. The highest BCUT2D eigenvalue weighted by Crippen LogP contribution is 2.35. The van der Waals surface area contributed by atoms with Gasteiger partial charge in [0, 0.05) is 24.6 Å². The van der Waals surface area contributed by atoms with Crippen LogP contribution < -0.4 is 10.6 Å². The van der Waals surface area contributed by atoms with Gasteiger partial charge in [-0.1, -0.05) is 18.2 Å². The molecule has 30 heavy (non-hydrogen) atoms. The van der Waals surface area contributed by atoms with E-state index < -0.39 is 11.8 Å². The van der Waals surface area contributed by atoms with Gasteiger partial charge in [0.05, 0.1) is 16.9 Å². The number of rotatable bonds is 4. The third kappa shape index (κ3) is 3.76. The Morgan fingerprint density at radius 3 is 2.70 bits per heavy atom. The van der Waals surface area contributed by atoms with Crippen LogP contribution in [0.15, 0.2) is 48.5 Å². The van der Waals surface area contributed by atoms with E-state index in [1.165, 1.54) is 12.1 Å². The molecule has 0 bridgehead atoms. The lowest BCUT2D eigenvalue weighted by atomic mass is 9.89. The number of nitrogen functional groups attached to an aromatic ring is 1. The number of aromatic carboxylic acids is 1. The number of nitrogens with two attached hydrogens (primary N) is 1. The van der Waals surface area contributed by atoms with Crippen molar-refractivity contribution in [2.24, 2.45) is 0 Å². The monoisotopic (exact) mass is 408 g/mol. The van der Waals surface area contributed by atoms with Crippen molar-refractivity contribution in [1.82, 2.24) is 10.2 Å². The summed E-state index contributed by atoms with van der Waals surface area (Å²) in [6, 6.07) is 13.0. The first-order chi connectivity index (χ1) is 14.4. The minimum absolute atomic E-state index is 0.0252. The maximum Gasteiger partial charge on any atom is 0.338 e. The number of aromatic hydroxyl groups is 1. The van der Waals surface area contributed by atoms with Crippen LogP contribution in [-0.2, 0) is 0 Å². The number of carboxylic acids is 1. The number of para-hydroxylation sites is 1. The Bertz CT molecular complexity index is 1110. The van der Waals surface area contributed by atoms with Gasteiger partial charge in [-0.25, -0.2) is 9.18 Å². The van der Waals surface area contributed by atoms with Crippen LogP contribution in [0.25, 0.3) is 11.3 Å². The van der Waals surface area contributed by atoms with Gasteiger partial charge in [-0.3, -0.25) is 0 Å². The molecule has 2 aromatic carbocycles. The van der Waals surface area contributed by atoms with Crippen LogP contribution in [0.5, 0.6) is 5.75 Å². The largest absolute Gasteiger partial charge is 0.507 e. The van der Waals surface area contributed by atoms with Gasteiger partial charge in [0.25, 0.3) is 0 Å². The number of carbonyl (C=O) groups is 1. The normalized spacial score (nSPS) is 16.4. The molecule has 1 fully saturated rings. The molecule has 1 saturated heterocycles. The molecule has 8 heteroatoms. The summed E-state index contributed by atoms with van der Waals surface area (Å²) in [6.07, 6.45) is 1.72. The van der Waals surface area contributed by atoms with Gasteiger partial charge in [0.15, 0.2) is 5.82 Å². The fourth-order valence-electron chi connectivity index (χ4n) is 3.89. The molecule has 0 radical (unpaired) electrons. The Hall–Kier alpha value is -3.68. The first-order valence-corrected chi connectivity index (χ1v) is 9.63. The van der Waals surface area contributed by atoms with Crippen LogP contribution in [0.4, 0.5) is 15.9 Å². The predicted octanol–water partition coefficient (Wildman–Crippen LogP) is 3.65. The number of aromatic nitrogens is 2. The zero-order valence-electron chi connectivity index (χ0n) is 16.1. The van der Waals surface area contributed by atoms with Gasteiger partial charge in [-0.15, -0.1) is 10.2 Å². The predicted molar refractivity (Wildman–Crippen MR) is 111 cm³/mol. The summed E-state index contributed by atoms with van der Waals surface area (Å²) in [4.78, 5) is 13.1. The van der Waals surface area contributed by atoms with Crippen molar-refractivity contribution in [3.63, 3.8) is 0 Å². The van der Waals surface area contributed by atoms with Crippen LogP contribution in [0.3, 0.4) is 0 Å². The SMILES string of the molecule is Nc1nnc(-c2ccccc2O)cc1N1CCCC(c2ccc(C(=O)O)c(F)c2)C1. The molecule has 154 valence electrons. The maximum atomic E-state index is 14.2. The molecule has 1 atom stereocenters. The smallest absolute Gasteiger partial charge is 0.338 e. The molecule has 0 aliphatic carbocycles. The zero-order chi connectivity index (χ0) is 21.3. The summed E-state index contributed by atoms with van der Waals surface area (Å²) in [6.45, 7) is 1.34. The lowest BCUT2D eigenvalue weighted by Gasteiger charge is -2.35. The summed E-state index contributed by atoms with van der Waals surface area (Å²) < 4.78 is 14.2. The Kier molecular flexibility index (Phi) is 5.22. The highest BCUT2D eigenvalue weighted by molar-refractivity contribution is 5.88. The number of carboxylic acid groups (broad SMARTS) is 1. The van der Waals surface area contributed by atoms with E-state index in [1.807, 2.05) is 0 Å². The van der Waals surface area contributed by atoms with Gasteiger partial charge in [-0.05, 0) is 48.7 Å². The van der Waals surface area contributed by atoms with E-state index in [1.54, 1.807) is 36.4 Å². The molecule has 1 aromatic heterocycles. The number of hydrogen-bond acceptors (Lipinski definition) is 6. The van der Waals surface area contributed by atoms with E-state index in [9.17, 15) is 14.3 Å². The van der Waals surface area contributed by atoms with E-state index in [0.29, 0.717) is 23.5 Å². The third-order valence-corrected chi connectivity index (χ3v) is 5.44. The van der Waals surface area contributed by atoms with Crippen molar-refractivity contribution < 1.29 is 19.4 Å². The van der Waals surface area contributed by atoms with Crippen molar-refractivity contribution in [3.8, 4) is 17.0 Å². The summed E-state index contributed by atoms with van der Waals surface area (Å²) in [7, 11) is 0. The number of nitrogens with zero attached hydrogens (tertiary/aromatic N) is 3. The van der Waals surface area contributed by atoms with Crippen LogP contribution in [-0.4, -0.2) is 39.5 Å². The minimum Gasteiger partial charge on any atom is -0.507 e. The second-order valence-corrected chi connectivity index (χ2v) is 7.35. The number of phenolic OH excluding ortho intramolecular Hbond substituents is 1. The Labute approximate surface area is 172 Å². The fraction of sp³-hybridized carbons (Fsp3) is 0.227. The second-order valence-electron chi connectivity index (χ2n) is 7.35. The Morgan fingerprint density at radius 2 is 1.97 bits per heavy atom. The van der Waals surface area contributed by atoms with Crippen LogP contribution in [0.2, 0.25) is 0 Å². The van der Waals surface area contributed by atoms with Crippen molar-refractivity contribution >= 4 is 17.5 Å². The van der Waals surface area contributed by atoms with Gasteiger partial charge in [0.1, 0.15) is 11.6 Å². The molecule has 1 aliphatic rings. The highest BCUT2D eigenvalue weighted by Gasteiger charge is 2.25. The van der Waals surface area contributed by atoms with Crippen molar-refractivity contribution in [2.75, 3.05) is 23.7 Å². The van der Waals surface area contributed by atoms with Crippen LogP contribution >= 0.6 is 0 Å². The molecule has 0 amide bonds. The van der Waals surface area contributed by atoms with E-state index in [2.05, 4.69) is 15.1 Å². The average molecular weight is 408 g/mol. The Morgan fingerprint density at radius 1 is 1.17 bits per heavy atom. The van der Waals surface area contributed by atoms with Gasteiger partial charge in [-0.2, -0.15) is 0 Å². The average Bonchev–Trinajstić information content (AvgIpc) is 2.74. The molecule has 7 nitrogen and oxygen atoms in total. The molecule has 4 rings (SSSR count). The zero-order valence-corrected chi connectivity index (χ0v) is 16.1. The quantitative estimate of drug-likeness (QED) is 0.604. The minimum atomic E-state index is -1.28. The van der Waals surface area contributed by atoms with Gasteiger partial charge < -0.3 is 20.8 Å². The fourth-order valence-corrected chi connectivity index (χ4v) is 3.89. The molecule has 2 heterocycles. The first-order valence-electron chi connectivity index (χ1n) is 9.63. The Balaban J connectivity index is 1.62. The third-order valence-electron chi connectivity index (χ3n) is 5.44. The molecular weight excluding hydrogens is 387 g/mol. The van der Waals surface area contributed by atoms with Crippen LogP contribution in [0, 0.1) is 5.82 Å². The molecule has 1 unspecified atom stereocenters. The summed E-state index contributed by atoms with van der Waals surface area (Å²) in [5.74, 6) is -1.60. The van der Waals surface area contributed by atoms with Gasteiger partial charge in [0.2, 0.25) is 0 Å². The highest BCUT2D eigenvalue weighted by atomic mass is 19.1. The van der Waals surface area contributed by atoms with Crippen molar-refractivity contribution in [1.29, 1.82) is 0 Å². The molecule has 3 aromatic rings. The first kappa shape index (κ1) is 19.6. The maximum absolute atomic E-state index is 14.2. The molecule has 0 spiro atoms. The lowest BCUT2D eigenvalue weighted by molar-refractivity contribution is 0.0692. The van der Waals surface area contributed by atoms with Crippen LogP contribution in [0.1, 0.15) is 34.7 Å². The number of phenols is 1. The number of halogens is 1. The summed E-state index contributed by atoms with van der Waals surface area (Å²) in [5, 5.41) is 27.3. The number of hydrogen-bond donors (Lipinski definition) is 3. The standard InChI is InChI=1S/C22H21FN4O3/c23-17-10-13(7-8-15(17)22(29)30)14-4-3-9-27(12-14)19-11-18(25-26-21(19)24)16-5-1-2-6-20(16)28/h1-2,5-8,10-11,14,28H,3-4,9,12H2,(H2,24,26)(H,29,30). The molecule has 1 aliphatic heterocycles. The van der Waals surface area contributed by atoms with E-state index in [-0.39, 0.29) is 23.0 Å².